The number of aromatic nitrogens is 5. The molecule has 5 aliphatic rings. The van der Waals surface area contributed by atoms with Crippen LogP contribution in [0.2, 0.25) is 0 Å². The molecule has 0 saturated heterocycles. The molecule has 212 valence electrons. The number of Topliss-reactive ketones (excluding diaryl/α,β-unsaturated/α-hetero) is 1. The topological polar surface area (TPSA) is 86.7 Å². The van der Waals surface area contributed by atoms with Crippen molar-refractivity contribution >= 4 is 5.78 Å². The summed E-state index contributed by atoms with van der Waals surface area (Å²) in [6, 6.07) is 0. The Hall–Kier alpha value is -2.05. The number of aryl methyl sites for hydroxylation is 1. The first kappa shape index (κ1) is 25.9. The second kappa shape index (κ2) is 7.61. The van der Waals surface area contributed by atoms with Crippen LogP contribution in [0.5, 0.6) is 0 Å². The molecule has 0 radical (unpaired) electrons. The van der Waals surface area contributed by atoms with E-state index in [1.54, 1.807) is 4.80 Å². The Balaban J connectivity index is 1.34. The minimum atomic E-state index is -0.141. The number of hydrogen-bond donors (Lipinski definition) is 0. The van der Waals surface area contributed by atoms with E-state index in [2.05, 4.69) is 63.9 Å². The maximum Gasteiger partial charge on any atom is 0.181 e. The van der Waals surface area contributed by atoms with E-state index in [0.29, 0.717) is 24.0 Å². The average molecular weight is 534 g/mol. The SMILES string of the molecule is Cn1nnc([C@]23CCC(C)(C)C[C@H]2[C@H]2C(=O)C[C@@H]4[C@@]5(C)Cc6cnoc6C(C)(C)[C@@H]5CC[C@@]4(C)[C@]2(C)CC3)n1. The molecule has 0 unspecified atom stereocenters. The van der Waals surface area contributed by atoms with Crippen molar-refractivity contribution in [3.05, 3.63) is 23.3 Å². The van der Waals surface area contributed by atoms with Crippen LogP contribution >= 0.6 is 0 Å². The first-order valence-electron chi connectivity index (χ1n) is 15.4. The summed E-state index contributed by atoms with van der Waals surface area (Å²) in [7, 11) is 1.87. The molecule has 7 heteroatoms. The molecule has 2 aromatic heterocycles. The summed E-state index contributed by atoms with van der Waals surface area (Å²) in [5, 5.41) is 17.9. The van der Waals surface area contributed by atoms with Gasteiger partial charge in [0.2, 0.25) is 0 Å². The quantitative estimate of drug-likeness (QED) is 0.432. The van der Waals surface area contributed by atoms with Crippen LogP contribution in [0.4, 0.5) is 0 Å². The lowest BCUT2D eigenvalue weighted by Gasteiger charge is -2.72. The lowest BCUT2D eigenvalue weighted by Crippen LogP contribution is -2.69. The Morgan fingerprint density at radius 2 is 1.69 bits per heavy atom. The van der Waals surface area contributed by atoms with Crippen LogP contribution in [-0.2, 0) is 29.1 Å². The van der Waals surface area contributed by atoms with E-state index in [4.69, 9.17) is 9.62 Å². The maximum absolute atomic E-state index is 14.8. The molecule has 0 bridgehead atoms. The Morgan fingerprint density at radius 3 is 2.41 bits per heavy atom. The lowest BCUT2D eigenvalue weighted by atomic mass is 9.31. The summed E-state index contributed by atoms with van der Waals surface area (Å²) < 4.78 is 5.85. The molecule has 8 atom stereocenters. The highest BCUT2D eigenvalue weighted by Crippen LogP contribution is 2.76. The third-order valence-electron chi connectivity index (χ3n) is 13.9. The zero-order valence-electron chi connectivity index (χ0n) is 25.3. The predicted molar refractivity (Wildman–Crippen MR) is 148 cm³/mol. The molecule has 0 amide bonds. The van der Waals surface area contributed by atoms with Crippen molar-refractivity contribution in [2.24, 2.45) is 52.4 Å². The number of carbonyl (C=O) groups is 1. The van der Waals surface area contributed by atoms with Gasteiger partial charge in [-0.1, -0.05) is 53.6 Å². The fourth-order valence-electron chi connectivity index (χ4n) is 11.9. The third-order valence-corrected chi connectivity index (χ3v) is 13.9. The summed E-state index contributed by atoms with van der Waals surface area (Å²) in [6.45, 7) is 17.1. The molecule has 7 rings (SSSR count). The van der Waals surface area contributed by atoms with Crippen LogP contribution < -0.4 is 0 Å². The smallest absolute Gasteiger partial charge is 0.181 e. The van der Waals surface area contributed by atoms with Gasteiger partial charge in [-0.2, -0.15) is 4.80 Å². The monoisotopic (exact) mass is 533 g/mol. The van der Waals surface area contributed by atoms with E-state index in [1.807, 2.05) is 13.2 Å². The molecule has 2 aromatic rings. The van der Waals surface area contributed by atoms with E-state index in [9.17, 15) is 4.79 Å². The van der Waals surface area contributed by atoms with Crippen molar-refractivity contribution in [1.82, 2.24) is 25.4 Å². The Morgan fingerprint density at radius 1 is 0.949 bits per heavy atom. The number of fused-ring (bicyclic) bond motifs is 8. The molecule has 4 fully saturated rings. The Kier molecular flexibility index (Phi) is 5.05. The first-order valence-corrected chi connectivity index (χ1v) is 15.4. The number of carbonyl (C=O) groups excluding carboxylic acids is 1. The second-order valence-electron chi connectivity index (χ2n) is 16.4. The number of tetrazole rings is 1. The number of hydrogen-bond acceptors (Lipinski definition) is 6. The van der Waals surface area contributed by atoms with Gasteiger partial charge in [0.25, 0.3) is 0 Å². The molecular formula is C32H47N5O2. The van der Waals surface area contributed by atoms with E-state index in [1.165, 1.54) is 18.4 Å². The highest BCUT2D eigenvalue weighted by atomic mass is 16.5. The van der Waals surface area contributed by atoms with Gasteiger partial charge in [0.15, 0.2) is 5.82 Å². The minimum absolute atomic E-state index is 0.0379. The largest absolute Gasteiger partial charge is 0.361 e. The molecule has 7 nitrogen and oxygen atoms in total. The van der Waals surface area contributed by atoms with Gasteiger partial charge in [0, 0.05) is 28.7 Å². The molecule has 0 aliphatic heterocycles. The standard InChI is InChI=1S/C32H47N5O2/c1-27(2)11-13-32(26-34-36-37(8)35-26)14-12-31(7)24(20(32)17-27)21(38)15-23-29(5)16-19-18-33-39-25(19)28(3,4)22(29)9-10-30(23,31)6/h18,20,22-24H,9-17H2,1-8H3/t20-,22-,23+,24-,29-,30+,31+,32-/m0/s1. The van der Waals surface area contributed by atoms with E-state index in [0.717, 1.165) is 50.1 Å². The Bertz CT molecular complexity index is 1340. The molecule has 0 spiro atoms. The fourth-order valence-corrected chi connectivity index (χ4v) is 11.9. The molecule has 0 aromatic carbocycles. The van der Waals surface area contributed by atoms with Crippen molar-refractivity contribution in [3.63, 3.8) is 0 Å². The van der Waals surface area contributed by atoms with Gasteiger partial charge in [0.1, 0.15) is 11.5 Å². The zero-order chi connectivity index (χ0) is 27.8. The highest BCUT2D eigenvalue weighted by Gasteiger charge is 2.72. The molecule has 39 heavy (non-hydrogen) atoms. The third kappa shape index (κ3) is 3.08. The van der Waals surface area contributed by atoms with Gasteiger partial charge < -0.3 is 4.52 Å². The highest BCUT2D eigenvalue weighted by molar-refractivity contribution is 5.84. The van der Waals surface area contributed by atoms with E-state index >= 15 is 0 Å². The van der Waals surface area contributed by atoms with Crippen LogP contribution in [0.15, 0.2) is 10.7 Å². The average Bonchev–Trinajstić information content (AvgIpc) is 3.50. The normalized spacial score (nSPS) is 45.9. The van der Waals surface area contributed by atoms with E-state index < -0.39 is 0 Å². The van der Waals surface area contributed by atoms with Crippen molar-refractivity contribution in [3.8, 4) is 0 Å². The predicted octanol–water partition coefficient (Wildman–Crippen LogP) is 6.22. The van der Waals surface area contributed by atoms with Crippen molar-refractivity contribution in [2.75, 3.05) is 0 Å². The van der Waals surface area contributed by atoms with Crippen molar-refractivity contribution < 1.29 is 9.32 Å². The van der Waals surface area contributed by atoms with Gasteiger partial charge in [-0.25, -0.2) is 0 Å². The number of nitrogens with zero attached hydrogens (tertiary/aromatic N) is 5. The second-order valence-corrected chi connectivity index (χ2v) is 16.4. The zero-order valence-corrected chi connectivity index (χ0v) is 25.3. The molecule has 4 saturated carbocycles. The van der Waals surface area contributed by atoms with Gasteiger partial charge in [0.05, 0.1) is 13.2 Å². The molecule has 5 aliphatic carbocycles. The fraction of sp³-hybridized carbons (Fsp3) is 0.844. The number of rotatable bonds is 1. The van der Waals surface area contributed by atoms with Crippen LogP contribution in [0.3, 0.4) is 0 Å². The molecule has 2 heterocycles. The summed E-state index contributed by atoms with van der Waals surface area (Å²) in [5.74, 6) is 3.63. The van der Waals surface area contributed by atoms with Gasteiger partial charge in [-0.3, -0.25) is 4.79 Å². The van der Waals surface area contributed by atoms with Crippen LogP contribution in [-0.4, -0.2) is 31.1 Å². The lowest BCUT2D eigenvalue weighted by molar-refractivity contribution is -0.221. The van der Waals surface area contributed by atoms with Crippen LogP contribution in [0.1, 0.15) is 117 Å². The van der Waals surface area contributed by atoms with Crippen LogP contribution in [0.25, 0.3) is 0 Å². The minimum Gasteiger partial charge on any atom is -0.361 e. The van der Waals surface area contributed by atoms with Gasteiger partial charge >= 0.3 is 0 Å². The Labute approximate surface area is 233 Å². The summed E-state index contributed by atoms with van der Waals surface area (Å²) in [6.07, 6.45) is 11.4. The van der Waals surface area contributed by atoms with Crippen LogP contribution in [0, 0.1) is 45.3 Å². The van der Waals surface area contributed by atoms with Gasteiger partial charge in [-0.15, -0.1) is 10.2 Å². The summed E-state index contributed by atoms with van der Waals surface area (Å²) in [4.78, 5) is 16.4. The maximum atomic E-state index is 14.8. The number of ketones is 1. The van der Waals surface area contributed by atoms with Crippen molar-refractivity contribution in [2.45, 2.75) is 117 Å². The van der Waals surface area contributed by atoms with Crippen molar-refractivity contribution in [1.29, 1.82) is 0 Å². The summed E-state index contributed by atoms with van der Waals surface area (Å²) >= 11 is 0. The van der Waals surface area contributed by atoms with Gasteiger partial charge in [-0.05, 0) is 96.0 Å². The first-order chi connectivity index (χ1) is 18.2. The summed E-state index contributed by atoms with van der Waals surface area (Å²) in [5.41, 5.74) is 1.37. The van der Waals surface area contributed by atoms with E-state index in [-0.39, 0.29) is 44.3 Å². The molecule has 0 N–H and O–H groups in total. The molecular weight excluding hydrogens is 486 g/mol.